The van der Waals surface area contributed by atoms with E-state index in [0.717, 1.165) is 11.3 Å². The zero-order valence-corrected chi connectivity index (χ0v) is 11.9. The number of unbranched alkanes of at least 4 members (excludes halogenated alkanes) is 4. The molecule has 0 heterocycles. The zero-order valence-electron chi connectivity index (χ0n) is 11.1. The van der Waals surface area contributed by atoms with E-state index in [1.165, 1.54) is 37.4 Å². The molecule has 0 amide bonds. The molecule has 0 aliphatic carbocycles. The molecule has 0 bridgehead atoms. The summed E-state index contributed by atoms with van der Waals surface area (Å²) in [5, 5.41) is 0.214. The second-order valence-corrected chi connectivity index (χ2v) is 5.44. The van der Waals surface area contributed by atoms with Crippen molar-refractivity contribution < 1.29 is 4.79 Å². The predicted octanol–water partition coefficient (Wildman–Crippen LogP) is 5.22. The smallest absolute Gasteiger partial charge is 0.197 e. The van der Waals surface area contributed by atoms with Gasteiger partial charge in [0.1, 0.15) is 0 Å². The minimum absolute atomic E-state index is 0.214. The molecule has 1 rings (SSSR count). The van der Waals surface area contributed by atoms with Crippen LogP contribution in [0.2, 0.25) is 0 Å². The number of thioether (sulfide) groups is 1. The molecule has 0 aliphatic rings. The minimum Gasteiger partial charge on any atom is -0.286 e. The van der Waals surface area contributed by atoms with Gasteiger partial charge in [-0.05, 0) is 25.0 Å². The summed E-state index contributed by atoms with van der Waals surface area (Å²) in [7, 11) is 0. The van der Waals surface area contributed by atoms with E-state index in [2.05, 4.69) is 13.0 Å². The largest absolute Gasteiger partial charge is 0.286 e. The second-order valence-electron chi connectivity index (χ2n) is 4.31. The van der Waals surface area contributed by atoms with Crippen molar-refractivity contribution in [3.8, 4) is 0 Å². The summed E-state index contributed by atoms with van der Waals surface area (Å²) in [4.78, 5) is 12.7. The molecule has 18 heavy (non-hydrogen) atoms. The number of carbonyl (C=O) groups excluding carboxylic acids is 1. The van der Waals surface area contributed by atoms with E-state index in [4.69, 9.17) is 0 Å². The molecule has 1 aromatic carbocycles. The minimum atomic E-state index is 0.214. The van der Waals surface area contributed by atoms with Gasteiger partial charge in [0.2, 0.25) is 0 Å². The lowest BCUT2D eigenvalue weighted by molar-refractivity contribution is -0.110. The SMILES string of the molecule is CCCCCC/C=C/CC(=O)Sc1ccccc1. The van der Waals surface area contributed by atoms with Crippen molar-refractivity contribution in [1.82, 2.24) is 0 Å². The van der Waals surface area contributed by atoms with Crippen LogP contribution < -0.4 is 0 Å². The first-order valence-corrected chi connectivity index (χ1v) is 7.55. The lowest BCUT2D eigenvalue weighted by atomic mass is 10.1. The third kappa shape index (κ3) is 7.33. The fraction of sp³-hybridized carbons (Fsp3) is 0.438. The van der Waals surface area contributed by atoms with Crippen LogP contribution in [0.3, 0.4) is 0 Å². The summed E-state index contributed by atoms with van der Waals surface area (Å²) in [6.45, 7) is 2.22. The van der Waals surface area contributed by atoms with E-state index in [-0.39, 0.29) is 5.12 Å². The van der Waals surface area contributed by atoms with Crippen molar-refractivity contribution in [2.75, 3.05) is 0 Å². The molecule has 0 saturated heterocycles. The summed E-state index contributed by atoms with van der Waals surface area (Å²) >= 11 is 1.33. The molecule has 2 heteroatoms. The monoisotopic (exact) mass is 262 g/mol. The van der Waals surface area contributed by atoms with Gasteiger partial charge in [0, 0.05) is 11.3 Å². The lowest BCUT2D eigenvalue weighted by Gasteiger charge is -1.97. The Labute approximate surface area is 115 Å². The van der Waals surface area contributed by atoms with Crippen LogP contribution in [0.25, 0.3) is 0 Å². The Morgan fingerprint density at radius 1 is 1.11 bits per heavy atom. The summed E-state index contributed by atoms with van der Waals surface area (Å²) in [6, 6.07) is 9.82. The first kappa shape index (κ1) is 15.0. The van der Waals surface area contributed by atoms with E-state index in [1.54, 1.807) is 0 Å². The topological polar surface area (TPSA) is 17.1 Å². The number of hydrogen-bond acceptors (Lipinski definition) is 2. The van der Waals surface area contributed by atoms with Gasteiger partial charge in [-0.25, -0.2) is 0 Å². The zero-order chi connectivity index (χ0) is 13.1. The average Bonchev–Trinajstić information content (AvgIpc) is 2.39. The number of carbonyl (C=O) groups is 1. The third-order valence-corrected chi connectivity index (χ3v) is 3.55. The first-order chi connectivity index (χ1) is 8.83. The predicted molar refractivity (Wildman–Crippen MR) is 79.8 cm³/mol. The highest BCUT2D eigenvalue weighted by Crippen LogP contribution is 2.19. The Balaban J connectivity index is 2.11. The van der Waals surface area contributed by atoms with E-state index < -0.39 is 0 Å². The van der Waals surface area contributed by atoms with E-state index in [0.29, 0.717) is 6.42 Å². The van der Waals surface area contributed by atoms with Crippen molar-refractivity contribution in [1.29, 1.82) is 0 Å². The molecule has 1 aromatic rings. The van der Waals surface area contributed by atoms with Crippen LogP contribution in [-0.2, 0) is 4.79 Å². The fourth-order valence-corrected chi connectivity index (χ4v) is 2.38. The maximum absolute atomic E-state index is 11.7. The quantitative estimate of drug-likeness (QED) is 0.363. The molecule has 0 unspecified atom stereocenters. The molecule has 0 aromatic heterocycles. The van der Waals surface area contributed by atoms with Gasteiger partial charge in [-0.3, -0.25) is 4.79 Å². The van der Waals surface area contributed by atoms with Crippen LogP contribution in [0.1, 0.15) is 45.4 Å². The van der Waals surface area contributed by atoms with Crippen molar-refractivity contribution in [2.45, 2.75) is 50.3 Å². The van der Waals surface area contributed by atoms with Gasteiger partial charge in [-0.2, -0.15) is 0 Å². The highest BCUT2D eigenvalue weighted by atomic mass is 32.2. The summed E-state index contributed by atoms with van der Waals surface area (Å²) in [5.41, 5.74) is 0. The van der Waals surface area contributed by atoms with Crippen LogP contribution in [0.4, 0.5) is 0 Å². The van der Waals surface area contributed by atoms with E-state index >= 15 is 0 Å². The third-order valence-electron chi connectivity index (χ3n) is 2.65. The molecular weight excluding hydrogens is 240 g/mol. The molecule has 0 atom stereocenters. The Morgan fingerprint density at radius 3 is 2.61 bits per heavy atom. The fourth-order valence-electron chi connectivity index (χ4n) is 1.65. The summed E-state index contributed by atoms with van der Waals surface area (Å²) < 4.78 is 0. The molecule has 0 fully saturated rings. The number of rotatable bonds is 8. The van der Waals surface area contributed by atoms with Gasteiger partial charge in [0.15, 0.2) is 5.12 Å². The van der Waals surface area contributed by atoms with E-state index in [1.807, 2.05) is 36.4 Å². The van der Waals surface area contributed by atoms with E-state index in [9.17, 15) is 4.79 Å². The van der Waals surface area contributed by atoms with Crippen molar-refractivity contribution in [3.05, 3.63) is 42.5 Å². The Kier molecular flexibility index (Phi) is 8.32. The highest BCUT2D eigenvalue weighted by Gasteiger charge is 2.01. The van der Waals surface area contributed by atoms with Crippen molar-refractivity contribution in [3.63, 3.8) is 0 Å². The normalized spacial score (nSPS) is 10.9. The number of allylic oxidation sites excluding steroid dienone is 2. The average molecular weight is 262 g/mol. The summed E-state index contributed by atoms with van der Waals surface area (Å²) in [5.74, 6) is 0. The van der Waals surface area contributed by atoms with Gasteiger partial charge >= 0.3 is 0 Å². The number of benzene rings is 1. The van der Waals surface area contributed by atoms with Gasteiger partial charge in [0.05, 0.1) is 0 Å². The van der Waals surface area contributed by atoms with Crippen LogP contribution in [-0.4, -0.2) is 5.12 Å². The second kappa shape index (κ2) is 9.95. The first-order valence-electron chi connectivity index (χ1n) is 6.73. The maximum atomic E-state index is 11.7. The Morgan fingerprint density at radius 2 is 1.89 bits per heavy atom. The molecule has 0 radical (unpaired) electrons. The molecule has 0 N–H and O–H groups in total. The Bertz CT molecular complexity index is 357. The van der Waals surface area contributed by atoms with Gasteiger partial charge in [-0.1, -0.05) is 68.3 Å². The molecule has 0 saturated carbocycles. The van der Waals surface area contributed by atoms with Crippen molar-refractivity contribution >= 4 is 16.9 Å². The van der Waals surface area contributed by atoms with Crippen LogP contribution in [0.5, 0.6) is 0 Å². The van der Waals surface area contributed by atoms with Crippen molar-refractivity contribution in [2.24, 2.45) is 0 Å². The standard InChI is InChI=1S/C16H22OS/c1-2-3-4-5-6-7-11-14-16(17)18-15-12-9-8-10-13-15/h7-13H,2-6,14H2,1H3/b11-7+. The highest BCUT2D eigenvalue weighted by molar-refractivity contribution is 8.13. The molecule has 1 nitrogen and oxygen atoms in total. The molecule has 98 valence electrons. The van der Waals surface area contributed by atoms with Gasteiger partial charge in [-0.15, -0.1) is 0 Å². The lowest BCUT2D eigenvalue weighted by Crippen LogP contribution is -1.87. The van der Waals surface area contributed by atoms with Crippen LogP contribution in [0, 0.1) is 0 Å². The van der Waals surface area contributed by atoms with Gasteiger partial charge in [0.25, 0.3) is 0 Å². The Hall–Kier alpha value is -1.02. The summed E-state index contributed by atoms with van der Waals surface area (Å²) in [6.07, 6.45) is 10.9. The van der Waals surface area contributed by atoms with Crippen LogP contribution in [0.15, 0.2) is 47.4 Å². The van der Waals surface area contributed by atoms with Crippen LogP contribution >= 0.6 is 11.8 Å². The number of hydrogen-bond donors (Lipinski definition) is 0. The molecular formula is C16H22OS. The molecule has 0 aliphatic heterocycles. The molecule has 0 spiro atoms. The van der Waals surface area contributed by atoms with Gasteiger partial charge < -0.3 is 0 Å². The maximum Gasteiger partial charge on any atom is 0.197 e.